The fraction of sp³-hybridized carbons (Fsp3) is 0.273. The first-order valence-corrected chi connectivity index (χ1v) is 6.53. The van der Waals surface area contributed by atoms with Gasteiger partial charge in [-0.15, -0.1) is 0 Å². The van der Waals surface area contributed by atoms with E-state index in [9.17, 15) is 0 Å². The second-order valence-corrected chi connectivity index (χ2v) is 4.57. The lowest BCUT2D eigenvalue weighted by Gasteiger charge is -1.96. The smallest absolute Gasteiger partial charge is 0.227 e. The maximum absolute atomic E-state index is 5.21. The Balaban J connectivity index is 1.57. The van der Waals surface area contributed by atoms with Crippen molar-refractivity contribution >= 4 is 11.3 Å². The van der Waals surface area contributed by atoms with Gasteiger partial charge in [-0.3, -0.25) is 4.68 Å². The molecule has 0 saturated carbocycles. The summed E-state index contributed by atoms with van der Waals surface area (Å²) in [5.74, 6) is 1.32. The number of rotatable bonds is 5. The topological polar surface area (TPSA) is 69.6 Å². The molecule has 0 saturated heterocycles. The van der Waals surface area contributed by atoms with E-state index in [2.05, 4.69) is 20.2 Å². The van der Waals surface area contributed by atoms with Crippen molar-refractivity contribution in [2.24, 2.45) is 0 Å². The van der Waals surface area contributed by atoms with Gasteiger partial charge >= 0.3 is 0 Å². The van der Waals surface area contributed by atoms with Gasteiger partial charge < -0.3 is 4.52 Å². The number of thiophene rings is 1. The Labute approximate surface area is 107 Å². The first-order valence-electron chi connectivity index (χ1n) is 5.59. The third-order valence-electron chi connectivity index (χ3n) is 2.49. The van der Waals surface area contributed by atoms with Crippen LogP contribution in [0.4, 0.5) is 0 Å². The Kier molecular flexibility index (Phi) is 3.14. The Hall–Kier alpha value is -2.02. The lowest BCUT2D eigenvalue weighted by Crippen LogP contribution is -1.99. The molecule has 0 fully saturated rings. The first-order chi connectivity index (χ1) is 8.92. The lowest BCUT2D eigenvalue weighted by molar-refractivity contribution is 0.371. The van der Waals surface area contributed by atoms with Crippen LogP contribution in [0.3, 0.4) is 0 Å². The van der Waals surface area contributed by atoms with E-state index in [0.29, 0.717) is 11.7 Å². The van der Waals surface area contributed by atoms with Crippen LogP contribution in [0, 0.1) is 0 Å². The van der Waals surface area contributed by atoms with E-state index in [-0.39, 0.29) is 0 Å². The van der Waals surface area contributed by atoms with Gasteiger partial charge in [0.25, 0.3) is 0 Å². The average molecular weight is 261 g/mol. The van der Waals surface area contributed by atoms with Crippen molar-refractivity contribution in [3.8, 4) is 11.4 Å². The van der Waals surface area contributed by atoms with Gasteiger partial charge in [0.2, 0.25) is 11.7 Å². The van der Waals surface area contributed by atoms with E-state index >= 15 is 0 Å². The fourth-order valence-electron chi connectivity index (χ4n) is 1.61. The summed E-state index contributed by atoms with van der Waals surface area (Å²) >= 11 is 1.62. The van der Waals surface area contributed by atoms with E-state index in [1.54, 1.807) is 22.3 Å². The molecule has 0 aliphatic rings. The molecule has 3 aromatic rings. The minimum absolute atomic E-state index is 0.659. The largest absolute Gasteiger partial charge is 0.339 e. The number of hydrogen-bond acceptors (Lipinski definition) is 6. The molecule has 0 bridgehead atoms. The zero-order valence-corrected chi connectivity index (χ0v) is 10.4. The molecule has 6 nitrogen and oxygen atoms in total. The third kappa shape index (κ3) is 2.45. The van der Waals surface area contributed by atoms with Gasteiger partial charge in [0.15, 0.2) is 0 Å². The van der Waals surface area contributed by atoms with Crippen LogP contribution in [0.2, 0.25) is 0 Å². The van der Waals surface area contributed by atoms with E-state index in [0.717, 1.165) is 24.9 Å². The zero-order chi connectivity index (χ0) is 12.2. The molecule has 3 heterocycles. The maximum atomic E-state index is 5.21. The fourth-order valence-corrected chi connectivity index (χ4v) is 2.24. The number of nitrogens with zero attached hydrogens (tertiary/aromatic N) is 5. The molecule has 0 spiro atoms. The summed E-state index contributed by atoms with van der Waals surface area (Å²) in [6, 6.07) is 1.98. The standard InChI is InChI=1S/C11H11N5OS/c1(4-16-8-12-7-13-16)2-10-14-11(15-17-10)9-3-5-18-6-9/h3,5-8H,1-2,4H2. The number of aryl methyl sites for hydroxylation is 2. The van der Waals surface area contributed by atoms with Crippen molar-refractivity contribution in [2.75, 3.05) is 0 Å². The number of aromatic nitrogens is 5. The molecule has 0 unspecified atom stereocenters. The summed E-state index contributed by atoms with van der Waals surface area (Å²) in [4.78, 5) is 8.24. The molecule has 0 radical (unpaired) electrons. The quantitative estimate of drug-likeness (QED) is 0.702. The van der Waals surface area contributed by atoms with Gasteiger partial charge in [0, 0.05) is 23.9 Å². The van der Waals surface area contributed by atoms with Gasteiger partial charge in [0.1, 0.15) is 12.7 Å². The molecule has 0 N–H and O–H groups in total. The predicted octanol–water partition coefficient (Wildman–Crippen LogP) is 2.02. The Bertz CT molecular complexity index is 587. The molecule has 0 aromatic carbocycles. The average Bonchev–Trinajstić information content (AvgIpc) is 3.12. The van der Waals surface area contributed by atoms with Crippen molar-refractivity contribution in [2.45, 2.75) is 19.4 Å². The summed E-state index contributed by atoms with van der Waals surface area (Å²) in [6.07, 6.45) is 4.87. The number of hydrogen-bond donors (Lipinski definition) is 0. The van der Waals surface area contributed by atoms with Crippen LogP contribution >= 0.6 is 11.3 Å². The lowest BCUT2D eigenvalue weighted by atomic mass is 10.3. The van der Waals surface area contributed by atoms with Gasteiger partial charge in [0.05, 0.1) is 0 Å². The molecule has 92 valence electrons. The summed E-state index contributed by atoms with van der Waals surface area (Å²) in [5.41, 5.74) is 1.01. The molecule has 0 aliphatic heterocycles. The Morgan fingerprint density at radius 3 is 3.17 bits per heavy atom. The van der Waals surface area contributed by atoms with Crippen molar-refractivity contribution in [3.05, 3.63) is 35.4 Å². The molecule has 0 aliphatic carbocycles. The normalized spacial score (nSPS) is 10.9. The molecule has 3 aromatic heterocycles. The summed E-state index contributed by atoms with van der Waals surface area (Å²) in [5, 5.41) is 12.0. The Morgan fingerprint density at radius 2 is 2.39 bits per heavy atom. The molecule has 18 heavy (non-hydrogen) atoms. The van der Waals surface area contributed by atoms with Crippen LogP contribution in [0.5, 0.6) is 0 Å². The van der Waals surface area contributed by atoms with E-state index in [4.69, 9.17) is 4.52 Å². The molecule has 7 heteroatoms. The summed E-state index contributed by atoms with van der Waals surface area (Å²) < 4.78 is 6.99. The van der Waals surface area contributed by atoms with Crippen LogP contribution < -0.4 is 0 Å². The van der Waals surface area contributed by atoms with Gasteiger partial charge in [-0.2, -0.15) is 21.4 Å². The summed E-state index contributed by atoms with van der Waals surface area (Å²) in [7, 11) is 0. The maximum Gasteiger partial charge on any atom is 0.227 e. The highest BCUT2D eigenvalue weighted by Gasteiger charge is 2.08. The predicted molar refractivity (Wildman–Crippen MR) is 66.0 cm³/mol. The molecular formula is C11H11N5OS. The van der Waals surface area contributed by atoms with Crippen molar-refractivity contribution in [1.82, 2.24) is 24.9 Å². The Morgan fingerprint density at radius 1 is 1.39 bits per heavy atom. The van der Waals surface area contributed by atoms with Crippen LogP contribution in [-0.2, 0) is 13.0 Å². The monoisotopic (exact) mass is 261 g/mol. The highest BCUT2D eigenvalue weighted by atomic mass is 32.1. The highest BCUT2D eigenvalue weighted by Crippen LogP contribution is 2.18. The van der Waals surface area contributed by atoms with Gasteiger partial charge in [-0.05, 0) is 17.9 Å². The van der Waals surface area contributed by atoms with Gasteiger partial charge in [-0.1, -0.05) is 5.16 Å². The van der Waals surface area contributed by atoms with Crippen LogP contribution in [0.15, 0.2) is 34.0 Å². The van der Waals surface area contributed by atoms with Crippen LogP contribution in [0.1, 0.15) is 12.3 Å². The minimum Gasteiger partial charge on any atom is -0.339 e. The molecule has 0 atom stereocenters. The van der Waals surface area contributed by atoms with E-state index < -0.39 is 0 Å². The van der Waals surface area contributed by atoms with E-state index in [1.165, 1.54) is 6.33 Å². The van der Waals surface area contributed by atoms with Crippen LogP contribution in [0.25, 0.3) is 11.4 Å². The molecule has 0 amide bonds. The van der Waals surface area contributed by atoms with Crippen molar-refractivity contribution in [1.29, 1.82) is 0 Å². The van der Waals surface area contributed by atoms with Crippen LogP contribution in [-0.4, -0.2) is 24.9 Å². The first kappa shape index (κ1) is 11.1. The molecule has 3 rings (SSSR count). The second-order valence-electron chi connectivity index (χ2n) is 3.79. The minimum atomic E-state index is 0.659. The van der Waals surface area contributed by atoms with Crippen molar-refractivity contribution in [3.63, 3.8) is 0 Å². The molecular weight excluding hydrogens is 250 g/mol. The van der Waals surface area contributed by atoms with Crippen molar-refractivity contribution < 1.29 is 4.52 Å². The summed E-state index contributed by atoms with van der Waals surface area (Å²) in [6.45, 7) is 0.802. The van der Waals surface area contributed by atoms with Gasteiger partial charge in [-0.25, -0.2) is 4.98 Å². The van der Waals surface area contributed by atoms with E-state index in [1.807, 2.05) is 16.8 Å². The third-order valence-corrected chi connectivity index (χ3v) is 3.18. The highest BCUT2D eigenvalue weighted by molar-refractivity contribution is 7.08. The second kappa shape index (κ2) is 5.09. The SMILES string of the molecule is c1ncn(CCCc2nc(-c3ccsc3)no2)n1. The zero-order valence-electron chi connectivity index (χ0n) is 9.56.